The largest absolute Gasteiger partial charge is 0.449 e. The number of ether oxygens (including phenoxy) is 1. The Morgan fingerprint density at radius 2 is 1.92 bits per heavy atom. The fourth-order valence-corrected chi connectivity index (χ4v) is 2.10. The summed E-state index contributed by atoms with van der Waals surface area (Å²) in [5, 5.41) is 8.24. The highest BCUT2D eigenvalue weighted by molar-refractivity contribution is 6.29. The van der Waals surface area contributed by atoms with Crippen molar-refractivity contribution >= 4 is 17.6 Å². The average Bonchev–Trinajstić information content (AvgIpc) is 3.06. The number of carbonyl (C=O) groups is 1. The first-order valence-electron chi connectivity index (χ1n) is 7.26. The van der Waals surface area contributed by atoms with Gasteiger partial charge in [-0.2, -0.15) is 0 Å². The van der Waals surface area contributed by atoms with E-state index in [1.165, 1.54) is 18.3 Å². The van der Waals surface area contributed by atoms with Crippen molar-refractivity contribution < 1.29 is 13.9 Å². The molecule has 2 heterocycles. The summed E-state index contributed by atoms with van der Waals surface area (Å²) >= 11 is 5.69. The van der Waals surface area contributed by atoms with Crippen LogP contribution in [0.4, 0.5) is 0 Å². The number of aryl methyl sites for hydroxylation is 1. The SMILES string of the molecule is Cc1ccc(-c2nnc([C@H](C)OC(=O)c3ccc(Cl)nc3)o2)cc1. The van der Waals surface area contributed by atoms with Crippen molar-refractivity contribution in [1.29, 1.82) is 0 Å². The zero-order chi connectivity index (χ0) is 17.1. The number of halogens is 1. The number of hydrogen-bond donors (Lipinski definition) is 0. The number of carbonyl (C=O) groups excluding carboxylic acids is 1. The van der Waals surface area contributed by atoms with E-state index in [4.69, 9.17) is 20.8 Å². The molecule has 0 fully saturated rings. The number of nitrogens with zero attached hydrogens (tertiary/aromatic N) is 3. The molecule has 0 amide bonds. The molecule has 0 saturated heterocycles. The Morgan fingerprint density at radius 1 is 1.17 bits per heavy atom. The van der Waals surface area contributed by atoms with Crippen LogP contribution >= 0.6 is 11.6 Å². The Balaban J connectivity index is 1.71. The van der Waals surface area contributed by atoms with Crippen molar-refractivity contribution in [3.05, 3.63) is 64.8 Å². The lowest BCUT2D eigenvalue weighted by molar-refractivity contribution is 0.0279. The smallest absolute Gasteiger partial charge is 0.340 e. The molecule has 0 radical (unpaired) electrons. The maximum Gasteiger partial charge on any atom is 0.340 e. The Kier molecular flexibility index (Phi) is 4.57. The van der Waals surface area contributed by atoms with Gasteiger partial charge in [0.05, 0.1) is 5.56 Å². The molecule has 0 N–H and O–H groups in total. The molecule has 0 bridgehead atoms. The van der Waals surface area contributed by atoms with Gasteiger partial charge in [-0.25, -0.2) is 9.78 Å². The third kappa shape index (κ3) is 3.60. The lowest BCUT2D eigenvalue weighted by Gasteiger charge is -2.09. The third-order valence-electron chi connectivity index (χ3n) is 3.33. The van der Waals surface area contributed by atoms with Gasteiger partial charge < -0.3 is 9.15 Å². The highest BCUT2D eigenvalue weighted by Gasteiger charge is 2.20. The van der Waals surface area contributed by atoms with Crippen molar-refractivity contribution in [3.63, 3.8) is 0 Å². The maximum absolute atomic E-state index is 12.1. The van der Waals surface area contributed by atoms with Gasteiger partial charge in [0, 0.05) is 11.8 Å². The van der Waals surface area contributed by atoms with E-state index in [2.05, 4.69) is 15.2 Å². The monoisotopic (exact) mass is 343 g/mol. The predicted octanol–water partition coefficient (Wildman–Crippen LogP) is 4.01. The van der Waals surface area contributed by atoms with Crippen molar-refractivity contribution in [2.75, 3.05) is 0 Å². The van der Waals surface area contributed by atoms with Crippen LogP contribution in [0, 0.1) is 6.92 Å². The molecule has 3 aromatic rings. The van der Waals surface area contributed by atoms with Gasteiger partial charge in [0.15, 0.2) is 6.10 Å². The second kappa shape index (κ2) is 6.80. The van der Waals surface area contributed by atoms with E-state index in [1.807, 2.05) is 31.2 Å². The molecule has 3 rings (SSSR count). The molecule has 0 spiro atoms. The average molecular weight is 344 g/mol. The summed E-state index contributed by atoms with van der Waals surface area (Å²) in [4.78, 5) is 15.9. The molecule has 1 atom stereocenters. The van der Waals surface area contributed by atoms with E-state index in [9.17, 15) is 4.79 Å². The fraction of sp³-hybridized carbons (Fsp3) is 0.176. The van der Waals surface area contributed by atoms with E-state index in [-0.39, 0.29) is 5.89 Å². The summed E-state index contributed by atoms with van der Waals surface area (Å²) in [6.45, 7) is 3.66. The summed E-state index contributed by atoms with van der Waals surface area (Å²) in [7, 11) is 0. The second-order valence-electron chi connectivity index (χ2n) is 5.23. The molecule has 24 heavy (non-hydrogen) atoms. The van der Waals surface area contributed by atoms with Gasteiger partial charge in [0.2, 0.25) is 5.89 Å². The minimum Gasteiger partial charge on any atom is -0.449 e. The highest BCUT2D eigenvalue weighted by Crippen LogP contribution is 2.23. The number of hydrogen-bond acceptors (Lipinski definition) is 6. The molecule has 2 aromatic heterocycles. The van der Waals surface area contributed by atoms with Crippen LogP contribution in [0.1, 0.15) is 34.8 Å². The lowest BCUT2D eigenvalue weighted by atomic mass is 10.1. The molecule has 122 valence electrons. The van der Waals surface area contributed by atoms with Crippen LogP contribution in [0.3, 0.4) is 0 Å². The minimum atomic E-state index is -0.681. The summed E-state index contributed by atoms with van der Waals surface area (Å²) < 4.78 is 10.9. The zero-order valence-corrected chi connectivity index (χ0v) is 13.8. The van der Waals surface area contributed by atoms with Crippen LogP contribution in [0.5, 0.6) is 0 Å². The van der Waals surface area contributed by atoms with Crippen molar-refractivity contribution in [2.24, 2.45) is 0 Å². The van der Waals surface area contributed by atoms with Gasteiger partial charge in [-0.05, 0) is 38.1 Å². The van der Waals surface area contributed by atoms with Crippen LogP contribution in [-0.2, 0) is 4.74 Å². The van der Waals surface area contributed by atoms with Crippen LogP contribution in [0.15, 0.2) is 47.0 Å². The Labute approximate surface area is 143 Å². The normalized spacial score (nSPS) is 12.0. The van der Waals surface area contributed by atoms with Gasteiger partial charge >= 0.3 is 5.97 Å². The number of rotatable bonds is 4. The number of benzene rings is 1. The Morgan fingerprint density at radius 3 is 2.58 bits per heavy atom. The Hall–Kier alpha value is -2.73. The van der Waals surface area contributed by atoms with E-state index < -0.39 is 12.1 Å². The molecule has 0 aliphatic heterocycles. The number of pyridine rings is 1. The fourth-order valence-electron chi connectivity index (χ4n) is 1.99. The van der Waals surface area contributed by atoms with E-state index in [0.29, 0.717) is 16.6 Å². The topological polar surface area (TPSA) is 78.1 Å². The van der Waals surface area contributed by atoms with Crippen LogP contribution < -0.4 is 0 Å². The number of aromatic nitrogens is 3. The van der Waals surface area contributed by atoms with Crippen LogP contribution in [0.2, 0.25) is 5.15 Å². The molecule has 7 heteroatoms. The maximum atomic E-state index is 12.1. The van der Waals surface area contributed by atoms with E-state index in [0.717, 1.165) is 11.1 Å². The summed E-state index contributed by atoms with van der Waals surface area (Å²) in [6, 6.07) is 10.7. The van der Waals surface area contributed by atoms with Gasteiger partial charge in [-0.15, -0.1) is 10.2 Å². The predicted molar refractivity (Wildman–Crippen MR) is 87.5 cm³/mol. The quantitative estimate of drug-likeness (QED) is 0.526. The van der Waals surface area contributed by atoms with Crippen molar-refractivity contribution in [1.82, 2.24) is 15.2 Å². The van der Waals surface area contributed by atoms with Gasteiger partial charge in [0.1, 0.15) is 5.15 Å². The molecule has 0 aliphatic carbocycles. The Bertz CT molecular complexity index is 844. The van der Waals surface area contributed by atoms with Crippen molar-refractivity contribution in [3.8, 4) is 11.5 Å². The first-order chi connectivity index (χ1) is 11.5. The van der Waals surface area contributed by atoms with E-state index >= 15 is 0 Å². The number of esters is 1. The summed E-state index contributed by atoms with van der Waals surface area (Å²) in [5.74, 6) is 0.0589. The molecule has 0 saturated carbocycles. The van der Waals surface area contributed by atoms with Crippen LogP contribution in [0.25, 0.3) is 11.5 Å². The lowest BCUT2D eigenvalue weighted by Crippen LogP contribution is -2.09. The molecule has 1 aromatic carbocycles. The molecule has 6 nitrogen and oxygen atoms in total. The van der Waals surface area contributed by atoms with Gasteiger partial charge in [0.25, 0.3) is 5.89 Å². The van der Waals surface area contributed by atoms with E-state index in [1.54, 1.807) is 6.92 Å². The standard InChI is InChI=1S/C17H14ClN3O3/c1-10-3-5-12(6-4-10)16-21-20-15(24-16)11(2)23-17(22)13-7-8-14(18)19-9-13/h3-9,11H,1-2H3/t11-/m0/s1. The first-order valence-corrected chi connectivity index (χ1v) is 7.63. The summed E-state index contributed by atoms with van der Waals surface area (Å²) in [5.41, 5.74) is 2.24. The van der Waals surface area contributed by atoms with Crippen LogP contribution in [-0.4, -0.2) is 21.2 Å². The molecular weight excluding hydrogens is 330 g/mol. The van der Waals surface area contributed by atoms with Gasteiger partial charge in [-0.1, -0.05) is 29.3 Å². The molecule has 0 unspecified atom stereocenters. The summed E-state index contributed by atoms with van der Waals surface area (Å²) in [6.07, 6.45) is 0.669. The molecule has 0 aliphatic rings. The molecular formula is C17H14ClN3O3. The first kappa shape index (κ1) is 16.1. The second-order valence-corrected chi connectivity index (χ2v) is 5.62. The highest BCUT2D eigenvalue weighted by atomic mass is 35.5. The zero-order valence-electron chi connectivity index (χ0n) is 13.1. The third-order valence-corrected chi connectivity index (χ3v) is 3.56. The minimum absolute atomic E-state index is 0.223. The van der Waals surface area contributed by atoms with Gasteiger partial charge in [-0.3, -0.25) is 0 Å². The van der Waals surface area contributed by atoms with Crippen molar-refractivity contribution in [2.45, 2.75) is 20.0 Å².